The minimum atomic E-state index is -0.104. The van der Waals surface area contributed by atoms with Crippen molar-refractivity contribution in [2.45, 2.75) is 44.7 Å². The van der Waals surface area contributed by atoms with E-state index >= 15 is 0 Å². The highest BCUT2D eigenvalue weighted by atomic mass is 35.5. The van der Waals surface area contributed by atoms with Gasteiger partial charge in [-0.05, 0) is 37.5 Å². The van der Waals surface area contributed by atoms with Crippen molar-refractivity contribution in [1.29, 1.82) is 0 Å². The molecule has 6 heteroatoms. The number of fused-ring (bicyclic) bond motifs is 1. The van der Waals surface area contributed by atoms with E-state index in [4.69, 9.17) is 11.6 Å². The van der Waals surface area contributed by atoms with Crippen LogP contribution in [0.3, 0.4) is 0 Å². The van der Waals surface area contributed by atoms with Crippen LogP contribution in [0, 0.1) is 0 Å². The van der Waals surface area contributed by atoms with Crippen LogP contribution in [0.2, 0.25) is 5.02 Å². The van der Waals surface area contributed by atoms with Crippen molar-refractivity contribution in [3.05, 3.63) is 57.5 Å². The highest BCUT2D eigenvalue weighted by Gasteiger charge is 2.20. The lowest BCUT2D eigenvalue weighted by molar-refractivity contribution is 0.482. The summed E-state index contributed by atoms with van der Waals surface area (Å²) in [5.41, 5.74) is 1.91. The lowest BCUT2D eigenvalue weighted by Gasteiger charge is -2.16. The molecular formula is C19H21ClN4O. The minimum Gasteiger partial charge on any atom is -0.365 e. The largest absolute Gasteiger partial charge is 0.365 e. The van der Waals surface area contributed by atoms with Gasteiger partial charge in [0, 0.05) is 17.1 Å². The first-order valence-corrected chi connectivity index (χ1v) is 9.12. The van der Waals surface area contributed by atoms with Gasteiger partial charge in [0.15, 0.2) is 0 Å². The summed E-state index contributed by atoms with van der Waals surface area (Å²) < 4.78 is 2.02. The molecule has 2 N–H and O–H groups in total. The second-order valence-electron chi connectivity index (χ2n) is 6.76. The first kappa shape index (κ1) is 16.2. The third-order valence-electron chi connectivity index (χ3n) is 5.02. The quantitative estimate of drug-likeness (QED) is 0.714. The predicted molar refractivity (Wildman–Crippen MR) is 101 cm³/mol. The number of aromatic amines is 1. The molecule has 4 rings (SSSR count). The maximum atomic E-state index is 12.4. The molecule has 0 bridgehead atoms. The van der Waals surface area contributed by atoms with Gasteiger partial charge in [0.25, 0.3) is 5.56 Å². The Kier molecular flexibility index (Phi) is 4.25. The van der Waals surface area contributed by atoms with E-state index in [1.54, 1.807) is 6.20 Å². The summed E-state index contributed by atoms with van der Waals surface area (Å²) >= 11 is 5.95. The highest BCUT2D eigenvalue weighted by molar-refractivity contribution is 6.30. The van der Waals surface area contributed by atoms with Crippen molar-refractivity contribution in [2.24, 2.45) is 0 Å². The second-order valence-corrected chi connectivity index (χ2v) is 7.19. The molecule has 0 radical (unpaired) electrons. The van der Waals surface area contributed by atoms with Crippen LogP contribution < -0.4 is 10.9 Å². The molecule has 2 aromatic heterocycles. The van der Waals surface area contributed by atoms with Gasteiger partial charge in [-0.15, -0.1) is 0 Å². The van der Waals surface area contributed by atoms with E-state index in [1.165, 1.54) is 12.8 Å². The minimum absolute atomic E-state index is 0.0493. The zero-order valence-corrected chi connectivity index (χ0v) is 14.9. The highest BCUT2D eigenvalue weighted by Crippen LogP contribution is 2.31. The summed E-state index contributed by atoms with van der Waals surface area (Å²) in [7, 11) is 0. The summed E-state index contributed by atoms with van der Waals surface area (Å²) in [5, 5.41) is 9.22. The topological polar surface area (TPSA) is 62.7 Å². The van der Waals surface area contributed by atoms with Gasteiger partial charge in [-0.1, -0.05) is 36.6 Å². The van der Waals surface area contributed by atoms with Crippen molar-refractivity contribution in [1.82, 2.24) is 14.8 Å². The molecule has 1 saturated carbocycles. The molecule has 1 aliphatic rings. The van der Waals surface area contributed by atoms with Gasteiger partial charge in [-0.25, -0.2) is 0 Å². The average molecular weight is 357 g/mol. The van der Waals surface area contributed by atoms with Crippen molar-refractivity contribution >= 4 is 28.3 Å². The van der Waals surface area contributed by atoms with E-state index in [1.807, 2.05) is 35.0 Å². The van der Waals surface area contributed by atoms with Gasteiger partial charge in [0.2, 0.25) is 0 Å². The van der Waals surface area contributed by atoms with Crippen molar-refractivity contribution in [2.75, 3.05) is 5.32 Å². The number of rotatable bonds is 4. The molecule has 1 unspecified atom stereocenters. The lowest BCUT2D eigenvalue weighted by atomic mass is 10.1. The maximum Gasteiger partial charge on any atom is 0.260 e. The molecule has 0 aliphatic heterocycles. The van der Waals surface area contributed by atoms with E-state index in [-0.39, 0.29) is 11.6 Å². The van der Waals surface area contributed by atoms with Gasteiger partial charge < -0.3 is 10.3 Å². The predicted octanol–water partition coefficient (Wildman–Crippen LogP) is 4.67. The van der Waals surface area contributed by atoms with Crippen molar-refractivity contribution < 1.29 is 0 Å². The number of anilines is 1. The summed E-state index contributed by atoms with van der Waals surface area (Å²) in [6.07, 6.45) is 6.40. The zero-order valence-electron chi connectivity index (χ0n) is 14.1. The zero-order chi connectivity index (χ0) is 17.4. The Morgan fingerprint density at radius 2 is 2.00 bits per heavy atom. The van der Waals surface area contributed by atoms with Gasteiger partial charge >= 0.3 is 0 Å². The molecular weight excluding hydrogens is 336 g/mol. The van der Waals surface area contributed by atoms with Crippen LogP contribution in [0.1, 0.15) is 50.3 Å². The van der Waals surface area contributed by atoms with E-state index < -0.39 is 0 Å². The number of benzene rings is 1. The number of nitrogens with one attached hydrogen (secondary N) is 2. The van der Waals surface area contributed by atoms with E-state index in [0.29, 0.717) is 22.3 Å². The Labute approximate surface area is 151 Å². The molecule has 0 saturated heterocycles. The standard InChI is InChI=1S/C19H21ClN4O/c1-12(13-6-8-14(20)9-7-13)22-18-10-17-16(19(25)23-18)11-21-24(17)15-4-2-3-5-15/h6-12,15H,2-5H2,1H3,(H2,22,23,25). The number of halogens is 1. The molecule has 1 aromatic carbocycles. The van der Waals surface area contributed by atoms with Crippen LogP contribution in [0.15, 0.2) is 41.3 Å². The monoisotopic (exact) mass is 356 g/mol. The Bertz CT molecular complexity index is 938. The van der Waals surface area contributed by atoms with Crippen molar-refractivity contribution in [3.8, 4) is 0 Å². The van der Waals surface area contributed by atoms with Crippen LogP contribution in [-0.4, -0.2) is 14.8 Å². The molecule has 1 atom stereocenters. The van der Waals surface area contributed by atoms with Crippen molar-refractivity contribution in [3.63, 3.8) is 0 Å². The Hall–Kier alpha value is -2.27. The fourth-order valence-electron chi connectivity index (χ4n) is 3.64. The fourth-order valence-corrected chi connectivity index (χ4v) is 3.76. The summed E-state index contributed by atoms with van der Waals surface area (Å²) in [6, 6.07) is 10.2. The van der Waals surface area contributed by atoms with Gasteiger partial charge in [-0.3, -0.25) is 9.48 Å². The van der Waals surface area contributed by atoms with Crippen LogP contribution in [0.5, 0.6) is 0 Å². The third kappa shape index (κ3) is 3.16. The third-order valence-corrected chi connectivity index (χ3v) is 5.27. The van der Waals surface area contributed by atoms with Crippen LogP contribution in [-0.2, 0) is 0 Å². The van der Waals surface area contributed by atoms with E-state index in [0.717, 1.165) is 23.9 Å². The number of H-pyrrole nitrogens is 1. The van der Waals surface area contributed by atoms with Crippen LogP contribution in [0.25, 0.3) is 10.9 Å². The smallest absolute Gasteiger partial charge is 0.260 e. The molecule has 5 nitrogen and oxygen atoms in total. The molecule has 0 amide bonds. The summed E-state index contributed by atoms with van der Waals surface area (Å²) in [5.74, 6) is 0.708. The summed E-state index contributed by atoms with van der Waals surface area (Å²) in [4.78, 5) is 15.3. The molecule has 0 spiro atoms. The number of nitrogens with zero attached hydrogens (tertiary/aromatic N) is 2. The van der Waals surface area contributed by atoms with Gasteiger partial charge in [0.05, 0.1) is 23.1 Å². The lowest BCUT2D eigenvalue weighted by Crippen LogP contribution is -2.14. The molecule has 25 heavy (non-hydrogen) atoms. The fraction of sp³-hybridized carbons (Fsp3) is 0.368. The number of hydrogen-bond acceptors (Lipinski definition) is 3. The van der Waals surface area contributed by atoms with Crippen LogP contribution in [0.4, 0.5) is 5.82 Å². The molecule has 3 aromatic rings. The summed E-state index contributed by atoms with van der Waals surface area (Å²) in [6.45, 7) is 2.06. The second kappa shape index (κ2) is 6.56. The van der Waals surface area contributed by atoms with E-state index in [9.17, 15) is 4.79 Å². The molecule has 1 aliphatic carbocycles. The maximum absolute atomic E-state index is 12.4. The Morgan fingerprint density at radius 1 is 1.28 bits per heavy atom. The van der Waals surface area contributed by atoms with Gasteiger partial charge in [-0.2, -0.15) is 5.10 Å². The molecule has 130 valence electrons. The van der Waals surface area contributed by atoms with E-state index in [2.05, 4.69) is 22.3 Å². The first-order chi connectivity index (χ1) is 12.1. The number of hydrogen-bond donors (Lipinski definition) is 2. The molecule has 2 heterocycles. The Morgan fingerprint density at radius 3 is 2.72 bits per heavy atom. The molecule has 1 fully saturated rings. The Balaban J connectivity index is 1.66. The van der Waals surface area contributed by atoms with Crippen LogP contribution >= 0.6 is 11.6 Å². The number of aromatic nitrogens is 3. The average Bonchev–Trinajstić information content (AvgIpc) is 3.24. The van der Waals surface area contributed by atoms with Gasteiger partial charge in [0.1, 0.15) is 5.82 Å². The normalized spacial score (nSPS) is 16.4. The first-order valence-electron chi connectivity index (χ1n) is 8.74. The SMILES string of the molecule is CC(Nc1cc2c(cnn2C2CCCC2)c(=O)[nH]1)c1ccc(Cl)cc1. The number of pyridine rings is 1.